The molecule has 0 radical (unpaired) electrons. The molecule has 5 nitrogen and oxygen atoms in total. The van der Waals surface area contributed by atoms with Gasteiger partial charge in [-0.15, -0.1) is 0 Å². The summed E-state index contributed by atoms with van der Waals surface area (Å²) in [4.78, 5) is 14.7. The summed E-state index contributed by atoms with van der Waals surface area (Å²) in [5, 5.41) is 5.78. The zero-order chi connectivity index (χ0) is 7.40. The fourth-order valence-corrected chi connectivity index (χ4v) is 0.550. The molecule has 2 amide bonds. The third kappa shape index (κ3) is 1.77. The van der Waals surface area contributed by atoms with Crippen molar-refractivity contribution in [3.05, 3.63) is 12.3 Å². The summed E-state index contributed by atoms with van der Waals surface area (Å²) in [5.74, 6) is 0.426. The van der Waals surface area contributed by atoms with Crippen LogP contribution in [0.25, 0.3) is 0 Å². The normalized spacial score (nSPS) is 15.4. The van der Waals surface area contributed by atoms with Crippen LogP contribution in [0.1, 0.15) is 6.42 Å². The lowest BCUT2D eigenvalue weighted by Crippen LogP contribution is -2.35. The maximum Gasteiger partial charge on any atom is 0.317 e. The van der Waals surface area contributed by atoms with Crippen molar-refractivity contribution in [1.82, 2.24) is 5.32 Å². The fourth-order valence-electron chi connectivity index (χ4n) is 0.550. The van der Waals surface area contributed by atoms with Gasteiger partial charge in [-0.1, -0.05) is 5.16 Å². The number of urea groups is 1. The highest BCUT2D eigenvalue weighted by atomic mass is 16.6. The van der Waals surface area contributed by atoms with Crippen LogP contribution in [0.15, 0.2) is 17.5 Å². The van der Waals surface area contributed by atoms with Gasteiger partial charge in [0.2, 0.25) is 0 Å². The quantitative estimate of drug-likeness (QED) is 0.494. The van der Waals surface area contributed by atoms with Gasteiger partial charge in [-0.25, -0.2) is 4.79 Å². The number of carbonyl (C=O) groups excluding carboxylic acids is 1. The molecule has 0 aromatic heterocycles. The van der Waals surface area contributed by atoms with Crippen LogP contribution in [-0.2, 0) is 4.84 Å². The van der Waals surface area contributed by atoms with Crippen molar-refractivity contribution in [3.8, 4) is 0 Å². The molecule has 10 heavy (non-hydrogen) atoms. The van der Waals surface area contributed by atoms with Crippen LogP contribution in [0, 0.1) is 0 Å². The van der Waals surface area contributed by atoms with Gasteiger partial charge in [0.1, 0.15) is 6.26 Å². The summed E-state index contributed by atoms with van der Waals surface area (Å²) < 4.78 is 0. The van der Waals surface area contributed by atoms with Crippen LogP contribution >= 0.6 is 0 Å². The van der Waals surface area contributed by atoms with Gasteiger partial charge in [-0.2, -0.15) is 0 Å². The molecule has 54 valence electrons. The first-order chi connectivity index (χ1) is 4.79. The number of amides is 2. The molecule has 0 aromatic carbocycles. The second kappa shape index (κ2) is 2.86. The molecule has 5 heteroatoms. The van der Waals surface area contributed by atoms with E-state index in [1.165, 1.54) is 6.26 Å². The Morgan fingerprint density at radius 1 is 1.90 bits per heavy atom. The predicted octanol–water partition coefficient (Wildman–Crippen LogP) is -0.0978. The van der Waals surface area contributed by atoms with Crippen LogP contribution in [-0.4, -0.2) is 11.9 Å². The minimum atomic E-state index is -0.627. The van der Waals surface area contributed by atoms with Crippen molar-refractivity contribution in [2.24, 2.45) is 10.9 Å². The minimum Gasteiger partial charge on any atom is -0.363 e. The Morgan fingerprint density at radius 2 is 2.70 bits per heavy atom. The van der Waals surface area contributed by atoms with E-state index >= 15 is 0 Å². The number of carbonyl (C=O) groups is 1. The molecule has 0 saturated heterocycles. The average molecular weight is 141 g/mol. The Hall–Kier alpha value is -1.52. The molecule has 0 aliphatic carbocycles. The molecule has 0 atom stereocenters. The van der Waals surface area contributed by atoms with E-state index in [4.69, 9.17) is 5.73 Å². The molecule has 0 spiro atoms. The second-order valence-corrected chi connectivity index (χ2v) is 1.71. The Bertz CT molecular complexity index is 197. The van der Waals surface area contributed by atoms with Gasteiger partial charge in [0.15, 0.2) is 5.84 Å². The third-order valence-electron chi connectivity index (χ3n) is 0.899. The average Bonchev–Trinajstić information content (AvgIpc) is 1.88. The SMILES string of the molecule is NC(=O)NC1=NOC=CC1. The standard InChI is InChI=1S/C5H7N3O2/c6-5(9)7-4-2-1-3-10-8-4/h1,3H,2H2,(H3,6,7,8,9). The van der Waals surface area contributed by atoms with Crippen LogP contribution in [0.5, 0.6) is 0 Å². The molecule has 0 aromatic rings. The first kappa shape index (κ1) is 6.60. The lowest BCUT2D eigenvalue weighted by Gasteiger charge is -2.04. The number of primary amides is 1. The Labute approximate surface area is 57.5 Å². The van der Waals surface area contributed by atoms with Crippen molar-refractivity contribution < 1.29 is 9.63 Å². The maximum absolute atomic E-state index is 10.2. The van der Waals surface area contributed by atoms with Gasteiger partial charge in [0, 0.05) is 6.42 Å². The molecule has 1 aliphatic heterocycles. The number of hydrogen-bond acceptors (Lipinski definition) is 3. The van der Waals surface area contributed by atoms with E-state index in [2.05, 4.69) is 15.3 Å². The zero-order valence-electron chi connectivity index (χ0n) is 5.20. The van der Waals surface area contributed by atoms with E-state index in [-0.39, 0.29) is 0 Å². The van der Waals surface area contributed by atoms with Crippen LogP contribution in [0.4, 0.5) is 4.79 Å². The molecule has 0 saturated carbocycles. The first-order valence-corrected chi connectivity index (χ1v) is 2.73. The second-order valence-electron chi connectivity index (χ2n) is 1.71. The van der Waals surface area contributed by atoms with Gasteiger partial charge >= 0.3 is 6.03 Å². The van der Waals surface area contributed by atoms with Crippen molar-refractivity contribution in [2.45, 2.75) is 6.42 Å². The zero-order valence-corrected chi connectivity index (χ0v) is 5.20. The topological polar surface area (TPSA) is 76.7 Å². The Morgan fingerprint density at radius 3 is 3.20 bits per heavy atom. The Balaban J connectivity index is 2.41. The van der Waals surface area contributed by atoms with Gasteiger partial charge in [0.25, 0.3) is 0 Å². The molecule has 0 fully saturated rings. The molecule has 1 heterocycles. The first-order valence-electron chi connectivity index (χ1n) is 2.73. The van der Waals surface area contributed by atoms with E-state index in [1.807, 2.05) is 0 Å². The van der Waals surface area contributed by atoms with E-state index in [0.717, 1.165) is 0 Å². The van der Waals surface area contributed by atoms with Gasteiger partial charge in [-0.3, -0.25) is 5.32 Å². The smallest absolute Gasteiger partial charge is 0.317 e. The largest absolute Gasteiger partial charge is 0.363 e. The summed E-state index contributed by atoms with van der Waals surface area (Å²) in [6.45, 7) is 0. The highest BCUT2D eigenvalue weighted by Crippen LogP contribution is 1.95. The van der Waals surface area contributed by atoms with E-state index < -0.39 is 6.03 Å². The van der Waals surface area contributed by atoms with Gasteiger partial charge in [-0.05, 0) is 6.08 Å². The minimum absolute atomic E-state index is 0.426. The van der Waals surface area contributed by atoms with Crippen molar-refractivity contribution >= 4 is 11.9 Å². The molecular formula is C5H7N3O2. The summed E-state index contributed by atoms with van der Waals surface area (Å²) in [6.07, 6.45) is 3.70. The molecule has 1 aliphatic rings. The number of oxime groups is 1. The lowest BCUT2D eigenvalue weighted by atomic mass is 10.4. The van der Waals surface area contributed by atoms with Crippen LogP contribution < -0.4 is 11.1 Å². The van der Waals surface area contributed by atoms with E-state index in [1.54, 1.807) is 6.08 Å². The number of nitrogens with one attached hydrogen (secondary N) is 1. The summed E-state index contributed by atoms with van der Waals surface area (Å²) >= 11 is 0. The highest BCUT2D eigenvalue weighted by molar-refractivity contribution is 5.97. The van der Waals surface area contributed by atoms with Crippen molar-refractivity contribution in [1.29, 1.82) is 0 Å². The highest BCUT2D eigenvalue weighted by Gasteiger charge is 2.02. The number of rotatable bonds is 0. The predicted molar refractivity (Wildman–Crippen MR) is 35.0 cm³/mol. The molecule has 0 bridgehead atoms. The number of nitrogens with zero attached hydrogens (tertiary/aromatic N) is 1. The van der Waals surface area contributed by atoms with Gasteiger partial charge < -0.3 is 10.6 Å². The van der Waals surface area contributed by atoms with Crippen LogP contribution in [0.3, 0.4) is 0 Å². The number of nitrogens with two attached hydrogens (primary N) is 1. The van der Waals surface area contributed by atoms with Gasteiger partial charge in [0.05, 0.1) is 0 Å². The number of hydrogen-bond donors (Lipinski definition) is 2. The molecular weight excluding hydrogens is 134 g/mol. The summed E-state index contributed by atoms with van der Waals surface area (Å²) in [6, 6.07) is -0.627. The lowest BCUT2D eigenvalue weighted by molar-refractivity contribution is 0.247. The number of amidine groups is 1. The summed E-state index contributed by atoms with van der Waals surface area (Å²) in [7, 11) is 0. The van der Waals surface area contributed by atoms with E-state index in [0.29, 0.717) is 12.3 Å². The van der Waals surface area contributed by atoms with E-state index in [9.17, 15) is 4.79 Å². The third-order valence-corrected chi connectivity index (χ3v) is 0.899. The maximum atomic E-state index is 10.2. The van der Waals surface area contributed by atoms with Crippen molar-refractivity contribution in [2.75, 3.05) is 0 Å². The fraction of sp³-hybridized carbons (Fsp3) is 0.200. The van der Waals surface area contributed by atoms with Crippen LogP contribution in [0.2, 0.25) is 0 Å². The monoisotopic (exact) mass is 141 g/mol. The van der Waals surface area contributed by atoms with Crippen molar-refractivity contribution in [3.63, 3.8) is 0 Å². The Kier molecular flexibility index (Phi) is 1.89. The molecule has 0 unspecified atom stereocenters. The molecule has 3 N–H and O–H groups in total. The summed E-state index contributed by atoms with van der Waals surface area (Å²) in [5.41, 5.74) is 4.81. The molecule has 1 rings (SSSR count).